The molecule has 1 aliphatic rings. The Hall–Kier alpha value is -1.60. The summed E-state index contributed by atoms with van der Waals surface area (Å²) in [6.45, 7) is 2.16. The number of benzene rings is 1. The highest BCUT2D eigenvalue weighted by Crippen LogP contribution is 2.11. The average Bonchev–Trinajstić information content (AvgIpc) is 3.00. The first-order valence-electron chi connectivity index (χ1n) is 7.34. The van der Waals surface area contributed by atoms with Crippen molar-refractivity contribution < 1.29 is 13.2 Å². The smallest absolute Gasteiger partial charge is 0.191 e. The second kappa shape index (κ2) is 7.60. The minimum Gasteiger partial charge on any atom is -0.376 e. The van der Waals surface area contributed by atoms with Crippen LogP contribution >= 0.6 is 0 Å². The van der Waals surface area contributed by atoms with Gasteiger partial charge in [0.1, 0.15) is 0 Å². The molecular weight excluding hydrogens is 302 g/mol. The van der Waals surface area contributed by atoms with Crippen molar-refractivity contribution in [3.05, 3.63) is 29.8 Å². The lowest BCUT2D eigenvalue weighted by Crippen LogP contribution is -2.40. The van der Waals surface area contributed by atoms with Gasteiger partial charge in [0.15, 0.2) is 15.8 Å². The maximum atomic E-state index is 11.4. The number of nitrogens with zero attached hydrogens (tertiary/aromatic N) is 1. The minimum absolute atomic E-state index is 0.257. The Morgan fingerprint density at radius 2 is 2.05 bits per heavy atom. The number of rotatable bonds is 5. The van der Waals surface area contributed by atoms with E-state index in [9.17, 15) is 8.42 Å². The van der Waals surface area contributed by atoms with E-state index in [1.165, 1.54) is 6.26 Å². The van der Waals surface area contributed by atoms with Gasteiger partial charge in [0.2, 0.25) is 0 Å². The minimum atomic E-state index is -3.14. The molecule has 1 aromatic rings. The van der Waals surface area contributed by atoms with Gasteiger partial charge in [-0.25, -0.2) is 8.42 Å². The zero-order chi connectivity index (χ0) is 16.0. The second-order valence-corrected chi connectivity index (χ2v) is 7.37. The van der Waals surface area contributed by atoms with Crippen molar-refractivity contribution in [2.75, 3.05) is 26.5 Å². The molecule has 6 nitrogen and oxygen atoms in total. The molecule has 0 spiro atoms. The van der Waals surface area contributed by atoms with Crippen molar-refractivity contribution in [3.8, 4) is 0 Å². The van der Waals surface area contributed by atoms with Crippen molar-refractivity contribution in [2.24, 2.45) is 4.99 Å². The van der Waals surface area contributed by atoms with E-state index in [0.717, 1.165) is 31.6 Å². The normalized spacial score (nSPS) is 19.2. The fourth-order valence-electron chi connectivity index (χ4n) is 2.28. The van der Waals surface area contributed by atoms with Crippen molar-refractivity contribution in [3.63, 3.8) is 0 Å². The van der Waals surface area contributed by atoms with Gasteiger partial charge in [0, 0.05) is 33.0 Å². The number of sulfone groups is 1. The molecule has 1 aromatic carbocycles. The number of hydrogen-bond acceptors (Lipinski definition) is 4. The summed E-state index contributed by atoms with van der Waals surface area (Å²) in [7, 11) is -1.42. The third-order valence-electron chi connectivity index (χ3n) is 3.56. The lowest BCUT2D eigenvalue weighted by atomic mass is 10.2. The Balaban J connectivity index is 1.82. The molecule has 1 fully saturated rings. The summed E-state index contributed by atoms with van der Waals surface area (Å²) in [5, 5.41) is 6.44. The molecule has 122 valence electrons. The largest absolute Gasteiger partial charge is 0.376 e. The number of nitrogens with one attached hydrogen (secondary N) is 2. The highest BCUT2D eigenvalue weighted by Gasteiger charge is 2.15. The van der Waals surface area contributed by atoms with Crippen LogP contribution in [0.25, 0.3) is 0 Å². The molecule has 1 saturated heterocycles. The lowest BCUT2D eigenvalue weighted by Gasteiger charge is -2.15. The molecular formula is C15H23N3O3S. The van der Waals surface area contributed by atoms with Crippen LogP contribution < -0.4 is 10.6 Å². The molecule has 2 rings (SSSR count). The van der Waals surface area contributed by atoms with E-state index in [1.807, 2.05) is 0 Å². The van der Waals surface area contributed by atoms with Crippen LogP contribution in [0.5, 0.6) is 0 Å². The molecule has 0 bridgehead atoms. The summed E-state index contributed by atoms with van der Waals surface area (Å²) >= 11 is 0. The lowest BCUT2D eigenvalue weighted by molar-refractivity contribution is 0.114. The molecule has 0 aliphatic carbocycles. The molecule has 0 amide bonds. The number of guanidine groups is 1. The zero-order valence-corrected chi connectivity index (χ0v) is 13.8. The summed E-state index contributed by atoms with van der Waals surface area (Å²) in [5.74, 6) is 0.711. The van der Waals surface area contributed by atoms with Gasteiger partial charge in [-0.15, -0.1) is 0 Å². The summed E-state index contributed by atoms with van der Waals surface area (Å²) in [4.78, 5) is 4.49. The molecule has 22 heavy (non-hydrogen) atoms. The molecule has 1 heterocycles. The van der Waals surface area contributed by atoms with E-state index in [4.69, 9.17) is 4.74 Å². The van der Waals surface area contributed by atoms with Gasteiger partial charge in [-0.05, 0) is 30.5 Å². The average molecular weight is 325 g/mol. The predicted octanol–water partition coefficient (Wildman–Crippen LogP) is 0.934. The van der Waals surface area contributed by atoms with Crippen LogP contribution in [0.1, 0.15) is 18.4 Å². The molecule has 0 saturated carbocycles. The van der Waals surface area contributed by atoms with E-state index < -0.39 is 9.84 Å². The van der Waals surface area contributed by atoms with Crippen molar-refractivity contribution in [1.82, 2.24) is 10.6 Å². The maximum Gasteiger partial charge on any atom is 0.191 e. The van der Waals surface area contributed by atoms with Crippen LogP contribution in [-0.4, -0.2) is 46.9 Å². The first kappa shape index (κ1) is 16.8. The van der Waals surface area contributed by atoms with Gasteiger partial charge in [-0.3, -0.25) is 4.99 Å². The van der Waals surface area contributed by atoms with Crippen molar-refractivity contribution in [1.29, 1.82) is 0 Å². The number of ether oxygens (including phenoxy) is 1. The highest BCUT2D eigenvalue weighted by molar-refractivity contribution is 7.90. The fraction of sp³-hybridized carbons (Fsp3) is 0.533. The van der Waals surface area contributed by atoms with Crippen LogP contribution in [0.15, 0.2) is 34.2 Å². The van der Waals surface area contributed by atoms with Crippen LogP contribution in [0.3, 0.4) is 0 Å². The Bertz CT molecular complexity index is 605. The quantitative estimate of drug-likeness (QED) is 0.622. The first-order valence-corrected chi connectivity index (χ1v) is 9.23. The summed E-state index contributed by atoms with van der Waals surface area (Å²) in [6.07, 6.45) is 3.66. The third-order valence-corrected chi connectivity index (χ3v) is 4.68. The highest BCUT2D eigenvalue weighted by atomic mass is 32.2. The monoisotopic (exact) mass is 325 g/mol. The third kappa shape index (κ3) is 4.99. The predicted molar refractivity (Wildman–Crippen MR) is 86.7 cm³/mol. The van der Waals surface area contributed by atoms with Gasteiger partial charge < -0.3 is 15.4 Å². The summed E-state index contributed by atoms with van der Waals surface area (Å²) in [6, 6.07) is 6.84. The molecule has 1 unspecified atom stereocenters. The second-order valence-electron chi connectivity index (χ2n) is 5.36. The topological polar surface area (TPSA) is 79.8 Å². The van der Waals surface area contributed by atoms with Crippen LogP contribution in [-0.2, 0) is 21.1 Å². The van der Waals surface area contributed by atoms with Gasteiger partial charge in [-0.1, -0.05) is 12.1 Å². The van der Waals surface area contributed by atoms with Gasteiger partial charge >= 0.3 is 0 Å². The van der Waals surface area contributed by atoms with Crippen LogP contribution in [0, 0.1) is 0 Å². The van der Waals surface area contributed by atoms with Gasteiger partial charge in [-0.2, -0.15) is 0 Å². The molecule has 0 aromatic heterocycles. The first-order chi connectivity index (χ1) is 10.5. The Morgan fingerprint density at radius 3 is 2.59 bits per heavy atom. The Morgan fingerprint density at radius 1 is 1.32 bits per heavy atom. The fourth-order valence-corrected chi connectivity index (χ4v) is 2.91. The molecule has 0 radical (unpaired) electrons. The number of aliphatic imine (C=N–C) groups is 1. The van der Waals surface area contributed by atoms with E-state index in [0.29, 0.717) is 17.4 Å². The van der Waals surface area contributed by atoms with E-state index in [1.54, 1.807) is 31.3 Å². The Kier molecular flexibility index (Phi) is 5.79. The van der Waals surface area contributed by atoms with Gasteiger partial charge in [0.25, 0.3) is 0 Å². The molecule has 2 N–H and O–H groups in total. The summed E-state index contributed by atoms with van der Waals surface area (Å²) < 4.78 is 28.4. The van der Waals surface area contributed by atoms with Gasteiger partial charge in [0.05, 0.1) is 11.0 Å². The molecule has 1 aliphatic heterocycles. The molecule has 1 atom stereocenters. The van der Waals surface area contributed by atoms with E-state index >= 15 is 0 Å². The van der Waals surface area contributed by atoms with Crippen molar-refractivity contribution in [2.45, 2.75) is 30.4 Å². The summed E-state index contributed by atoms with van der Waals surface area (Å²) in [5.41, 5.74) is 0.993. The molecule has 7 heteroatoms. The van der Waals surface area contributed by atoms with Crippen LogP contribution in [0.2, 0.25) is 0 Å². The van der Waals surface area contributed by atoms with Crippen molar-refractivity contribution >= 4 is 15.8 Å². The number of hydrogen-bond donors (Lipinski definition) is 2. The Labute approximate surface area is 131 Å². The van der Waals surface area contributed by atoms with E-state index in [2.05, 4.69) is 15.6 Å². The standard InChI is InChI=1S/C15H23N3O3S/c1-16-15(18-11-13-4-3-9-21-13)17-10-12-5-7-14(8-6-12)22(2,19)20/h5-8,13H,3-4,9-11H2,1-2H3,(H2,16,17,18). The van der Waals surface area contributed by atoms with E-state index in [-0.39, 0.29) is 6.10 Å². The van der Waals surface area contributed by atoms with Crippen LogP contribution in [0.4, 0.5) is 0 Å². The maximum absolute atomic E-state index is 11.4. The SMILES string of the molecule is CN=C(NCc1ccc(S(C)(=O)=O)cc1)NCC1CCCO1. The zero-order valence-electron chi connectivity index (χ0n) is 13.0.